The molecule has 20 heavy (non-hydrogen) atoms. The summed E-state index contributed by atoms with van der Waals surface area (Å²) in [5.74, 6) is 1.57. The smallest absolute Gasteiger partial charge is 0.127 e. The van der Waals surface area contributed by atoms with E-state index in [1.165, 1.54) is 27.8 Å². The third kappa shape index (κ3) is 2.58. The predicted octanol–water partition coefficient (Wildman–Crippen LogP) is 5.70. The van der Waals surface area contributed by atoms with Crippen molar-refractivity contribution in [2.45, 2.75) is 47.1 Å². The van der Waals surface area contributed by atoms with Crippen LogP contribution in [0.3, 0.4) is 0 Å². The molecule has 2 aromatic rings. The molecule has 1 aliphatic heterocycles. The van der Waals surface area contributed by atoms with Gasteiger partial charge in [-0.1, -0.05) is 52.0 Å². The Morgan fingerprint density at radius 3 is 2.40 bits per heavy atom. The second-order valence-corrected chi connectivity index (χ2v) is 5.31. The predicted molar refractivity (Wildman–Crippen MR) is 86.4 cm³/mol. The van der Waals surface area contributed by atoms with Gasteiger partial charge in [-0.25, -0.2) is 0 Å². The van der Waals surface area contributed by atoms with Crippen molar-refractivity contribution >= 4 is 0 Å². The molecular formula is C19H24O. The number of hydrogen-bond acceptors (Lipinski definition) is 1. The first-order valence-corrected chi connectivity index (χ1v) is 7.52. The van der Waals surface area contributed by atoms with Crippen LogP contribution in [0.1, 0.15) is 50.3 Å². The molecule has 0 spiro atoms. The average Bonchev–Trinajstić information content (AvgIpc) is 2.48. The summed E-state index contributed by atoms with van der Waals surface area (Å²) in [6, 6.07) is 13.0. The Hall–Kier alpha value is -1.76. The zero-order chi connectivity index (χ0) is 14.7. The Balaban J connectivity index is 0.000000704. The van der Waals surface area contributed by atoms with E-state index in [9.17, 15) is 0 Å². The van der Waals surface area contributed by atoms with Gasteiger partial charge in [-0.15, -0.1) is 0 Å². The Kier molecular flexibility index (Phi) is 4.49. The lowest BCUT2D eigenvalue weighted by Gasteiger charge is -2.23. The van der Waals surface area contributed by atoms with Crippen LogP contribution in [0.2, 0.25) is 0 Å². The maximum Gasteiger partial charge on any atom is 0.127 e. The lowest BCUT2D eigenvalue weighted by Crippen LogP contribution is -2.07. The van der Waals surface area contributed by atoms with Crippen LogP contribution in [0, 0.1) is 6.92 Å². The molecule has 0 radical (unpaired) electrons. The van der Waals surface area contributed by atoms with Crippen LogP contribution in [0.15, 0.2) is 36.4 Å². The van der Waals surface area contributed by atoms with Crippen molar-refractivity contribution in [2.75, 3.05) is 0 Å². The first kappa shape index (κ1) is 14.6. The van der Waals surface area contributed by atoms with Crippen LogP contribution in [-0.2, 0) is 6.61 Å². The summed E-state index contributed by atoms with van der Waals surface area (Å²) < 4.78 is 5.90. The Bertz CT molecular complexity index is 597. The molecule has 0 aromatic heterocycles. The fraction of sp³-hybridized carbons (Fsp3) is 0.368. The van der Waals surface area contributed by atoms with Gasteiger partial charge in [0.15, 0.2) is 0 Å². The van der Waals surface area contributed by atoms with Gasteiger partial charge in [0.05, 0.1) is 0 Å². The highest BCUT2D eigenvalue weighted by Crippen LogP contribution is 2.40. The van der Waals surface area contributed by atoms with Crippen LogP contribution in [0.5, 0.6) is 5.75 Å². The number of ether oxygens (including phenoxy) is 1. The lowest BCUT2D eigenvalue weighted by atomic mass is 9.90. The normalized spacial score (nSPS) is 11.9. The average molecular weight is 268 g/mol. The van der Waals surface area contributed by atoms with Gasteiger partial charge in [0.1, 0.15) is 12.4 Å². The topological polar surface area (TPSA) is 9.23 Å². The Morgan fingerprint density at radius 1 is 1.00 bits per heavy atom. The monoisotopic (exact) mass is 268 g/mol. The molecule has 0 bridgehead atoms. The van der Waals surface area contributed by atoms with E-state index in [-0.39, 0.29) is 0 Å². The summed E-state index contributed by atoms with van der Waals surface area (Å²) in [7, 11) is 0. The summed E-state index contributed by atoms with van der Waals surface area (Å²) in [5, 5.41) is 0. The van der Waals surface area contributed by atoms with E-state index < -0.39 is 0 Å². The fourth-order valence-electron chi connectivity index (χ4n) is 2.72. The minimum Gasteiger partial charge on any atom is -0.488 e. The summed E-state index contributed by atoms with van der Waals surface area (Å²) in [6.45, 7) is 11.3. The molecule has 1 heterocycles. The molecule has 0 unspecified atom stereocenters. The molecular weight excluding hydrogens is 244 g/mol. The molecule has 0 N–H and O–H groups in total. The van der Waals surface area contributed by atoms with E-state index >= 15 is 0 Å². The maximum atomic E-state index is 5.90. The van der Waals surface area contributed by atoms with Crippen LogP contribution in [-0.4, -0.2) is 0 Å². The highest BCUT2D eigenvalue weighted by molar-refractivity contribution is 5.76. The number of hydrogen-bond donors (Lipinski definition) is 0. The van der Waals surface area contributed by atoms with Crippen LogP contribution in [0.25, 0.3) is 11.1 Å². The highest BCUT2D eigenvalue weighted by atomic mass is 16.5. The van der Waals surface area contributed by atoms with E-state index in [1.807, 2.05) is 13.8 Å². The zero-order valence-corrected chi connectivity index (χ0v) is 13.2. The van der Waals surface area contributed by atoms with Gasteiger partial charge < -0.3 is 4.74 Å². The van der Waals surface area contributed by atoms with Crippen LogP contribution >= 0.6 is 0 Å². The molecule has 2 aromatic carbocycles. The van der Waals surface area contributed by atoms with Crippen molar-refractivity contribution in [3.05, 3.63) is 53.1 Å². The molecule has 0 saturated heterocycles. The third-order valence-corrected chi connectivity index (χ3v) is 3.68. The van der Waals surface area contributed by atoms with Gasteiger partial charge in [-0.05, 0) is 47.2 Å². The molecule has 0 amide bonds. The number of aryl methyl sites for hydroxylation is 1. The van der Waals surface area contributed by atoms with Crippen LogP contribution in [0.4, 0.5) is 0 Å². The maximum absolute atomic E-state index is 5.90. The molecule has 3 rings (SSSR count). The van der Waals surface area contributed by atoms with Crippen molar-refractivity contribution in [1.29, 1.82) is 0 Å². The van der Waals surface area contributed by atoms with Crippen molar-refractivity contribution in [2.24, 2.45) is 0 Å². The van der Waals surface area contributed by atoms with E-state index in [2.05, 4.69) is 57.2 Å². The molecule has 1 nitrogen and oxygen atoms in total. The van der Waals surface area contributed by atoms with Crippen molar-refractivity contribution in [1.82, 2.24) is 0 Å². The SMILES string of the molecule is CC.Cc1cc2c(cc1C(C)C)OCc1ccccc1-2. The van der Waals surface area contributed by atoms with Gasteiger partial charge in [0.25, 0.3) is 0 Å². The van der Waals surface area contributed by atoms with E-state index in [0.29, 0.717) is 12.5 Å². The van der Waals surface area contributed by atoms with Crippen molar-refractivity contribution in [3.63, 3.8) is 0 Å². The minimum atomic E-state index is 0.538. The molecule has 0 atom stereocenters. The Morgan fingerprint density at radius 2 is 1.70 bits per heavy atom. The van der Waals surface area contributed by atoms with Crippen LogP contribution < -0.4 is 4.74 Å². The van der Waals surface area contributed by atoms with E-state index in [0.717, 1.165) is 5.75 Å². The van der Waals surface area contributed by atoms with Gasteiger partial charge in [0, 0.05) is 5.56 Å². The largest absolute Gasteiger partial charge is 0.488 e. The summed E-state index contributed by atoms with van der Waals surface area (Å²) in [6.07, 6.45) is 0. The first-order chi connectivity index (χ1) is 9.66. The molecule has 0 aliphatic carbocycles. The second kappa shape index (κ2) is 6.13. The summed E-state index contributed by atoms with van der Waals surface area (Å²) >= 11 is 0. The first-order valence-electron chi connectivity index (χ1n) is 7.52. The third-order valence-electron chi connectivity index (χ3n) is 3.68. The summed E-state index contributed by atoms with van der Waals surface area (Å²) in [4.78, 5) is 0. The molecule has 1 heteroatoms. The van der Waals surface area contributed by atoms with Crippen molar-refractivity contribution < 1.29 is 4.74 Å². The number of fused-ring (bicyclic) bond motifs is 3. The Labute approximate surface area is 122 Å². The fourth-order valence-corrected chi connectivity index (χ4v) is 2.72. The van der Waals surface area contributed by atoms with Gasteiger partial charge in [0.2, 0.25) is 0 Å². The number of benzene rings is 2. The second-order valence-electron chi connectivity index (χ2n) is 5.31. The summed E-state index contributed by atoms with van der Waals surface area (Å²) in [5.41, 5.74) is 6.56. The molecule has 0 saturated carbocycles. The molecule has 1 aliphatic rings. The van der Waals surface area contributed by atoms with E-state index in [1.54, 1.807) is 0 Å². The van der Waals surface area contributed by atoms with Gasteiger partial charge >= 0.3 is 0 Å². The standard InChI is InChI=1S/C17H18O.C2H6/c1-11(2)15-9-17-16(8-12(15)3)14-7-5-4-6-13(14)10-18-17;1-2/h4-9,11H,10H2,1-3H3;1-2H3. The molecule has 106 valence electrons. The minimum absolute atomic E-state index is 0.538. The number of rotatable bonds is 1. The van der Waals surface area contributed by atoms with Gasteiger partial charge in [-0.2, -0.15) is 0 Å². The molecule has 0 fully saturated rings. The highest BCUT2D eigenvalue weighted by Gasteiger charge is 2.18. The van der Waals surface area contributed by atoms with E-state index in [4.69, 9.17) is 4.74 Å². The van der Waals surface area contributed by atoms with Gasteiger partial charge in [-0.3, -0.25) is 0 Å². The van der Waals surface area contributed by atoms with Crippen molar-refractivity contribution in [3.8, 4) is 16.9 Å². The zero-order valence-electron chi connectivity index (χ0n) is 13.2. The quantitative estimate of drug-likeness (QED) is 0.644. The lowest BCUT2D eigenvalue weighted by molar-refractivity contribution is 0.302.